The highest BCUT2D eigenvalue weighted by atomic mass is 32.2. The lowest BCUT2D eigenvalue weighted by Gasteiger charge is -2.15. The Labute approximate surface area is 171 Å². The van der Waals surface area contributed by atoms with Crippen LogP contribution < -0.4 is 11.2 Å². The van der Waals surface area contributed by atoms with Crippen LogP contribution in [-0.4, -0.2) is 19.0 Å². The first-order valence-corrected chi connectivity index (χ1v) is 10.1. The van der Waals surface area contributed by atoms with E-state index in [1.165, 1.54) is 35.5 Å². The second-order valence-corrected chi connectivity index (χ2v) is 8.32. The van der Waals surface area contributed by atoms with Crippen molar-refractivity contribution in [3.05, 3.63) is 72.5 Å². The number of nitrogens with zero attached hydrogens (tertiary/aromatic N) is 4. The van der Waals surface area contributed by atoms with Gasteiger partial charge in [-0.15, -0.1) is 11.8 Å². The summed E-state index contributed by atoms with van der Waals surface area (Å²) >= 11 is 1.44. The van der Waals surface area contributed by atoms with Crippen LogP contribution in [0, 0.1) is 16.0 Å². The van der Waals surface area contributed by atoms with Crippen LogP contribution in [0.3, 0.4) is 0 Å². The Morgan fingerprint density at radius 1 is 1.21 bits per heavy atom. The molecule has 9 heteroatoms. The van der Waals surface area contributed by atoms with Crippen molar-refractivity contribution in [3.8, 4) is 0 Å². The average molecular weight is 414 g/mol. The number of thioether (sulfide) groups is 1. The van der Waals surface area contributed by atoms with Gasteiger partial charge in [-0.2, -0.15) is 0 Å². The number of rotatable bonds is 6. The molecule has 3 aromatic rings. The predicted molar refractivity (Wildman–Crippen MR) is 113 cm³/mol. The minimum atomic E-state index is -0.429. The van der Waals surface area contributed by atoms with Crippen LogP contribution in [0.5, 0.6) is 0 Å². The number of hydrogen-bond acceptors (Lipinski definition) is 6. The third-order valence-corrected chi connectivity index (χ3v) is 5.86. The number of fused-ring (bicyclic) bond motifs is 1. The van der Waals surface area contributed by atoms with Crippen molar-refractivity contribution in [3.63, 3.8) is 0 Å². The second-order valence-electron chi connectivity index (χ2n) is 7.33. The van der Waals surface area contributed by atoms with Crippen LogP contribution in [0.25, 0.3) is 11.0 Å². The number of benzene rings is 1. The lowest BCUT2D eigenvalue weighted by atomic mass is 10.0. The number of aryl methyl sites for hydroxylation is 1. The summed E-state index contributed by atoms with van der Waals surface area (Å²) in [5, 5.41) is 11.4. The maximum absolute atomic E-state index is 12.9. The Balaban J connectivity index is 2.15. The van der Waals surface area contributed by atoms with Crippen LogP contribution in [0.2, 0.25) is 0 Å². The van der Waals surface area contributed by atoms with Crippen molar-refractivity contribution in [1.82, 2.24) is 14.1 Å². The van der Waals surface area contributed by atoms with Crippen molar-refractivity contribution in [2.24, 2.45) is 20.0 Å². The molecule has 2 aromatic heterocycles. The van der Waals surface area contributed by atoms with Gasteiger partial charge in [-0.25, -0.2) is 9.78 Å². The summed E-state index contributed by atoms with van der Waals surface area (Å²) in [4.78, 5) is 41.0. The fourth-order valence-corrected chi connectivity index (χ4v) is 4.34. The minimum Gasteiger partial charge on any atom is -0.280 e. The van der Waals surface area contributed by atoms with Gasteiger partial charge in [0, 0.05) is 43.1 Å². The van der Waals surface area contributed by atoms with E-state index in [0.29, 0.717) is 22.7 Å². The molecule has 0 aliphatic rings. The zero-order valence-corrected chi connectivity index (χ0v) is 17.5. The third-order valence-electron chi connectivity index (χ3n) is 4.63. The van der Waals surface area contributed by atoms with E-state index < -0.39 is 10.6 Å². The molecule has 0 saturated carbocycles. The van der Waals surface area contributed by atoms with E-state index in [1.807, 2.05) is 6.07 Å². The molecule has 0 N–H and O–H groups in total. The molecular weight excluding hydrogens is 392 g/mol. The molecule has 0 saturated heterocycles. The van der Waals surface area contributed by atoms with Crippen LogP contribution >= 0.6 is 11.8 Å². The number of aromatic nitrogens is 3. The summed E-state index contributed by atoms with van der Waals surface area (Å²) in [5.41, 5.74) is 1.27. The number of nitro benzene ring substituents is 1. The summed E-state index contributed by atoms with van der Waals surface area (Å²) in [6, 6.07) is 6.45. The summed E-state index contributed by atoms with van der Waals surface area (Å²) in [6.45, 7) is 4.16. The zero-order valence-electron chi connectivity index (χ0n) is 16.7. The summed E-state index contributed by atoms with van der Waals surface area (Å²) in [5.74, 6) is 0.806. The van der Waals surface area contributed by atoms with E-state index >= 15 is 0 Å². The summed E-state index contributed by atoms with van der Waals surface area (Å²) < 4.78 is 2.45. The third kappa shape index (κ3) is 4.09. The molecule has 0 fully saturated rings. The minimum absolute atomic E-state index is 0.0309. The van der Waals surface area contributed by atoms with Crippen LogP contribution in [0.15, 0.2) is 44.9 Å². The number of non-ortho nitro benzene ring substituents is 1. The zero-order chi connectivity index (χ0) is 21.3. The standard InChI is InChI=1S/C20H22N4O4S/c1-12(2)8-14-10-21-18-16(19(25)23(4)20(26)22(18)3)17(14)29-11-13-6-5-7-15(9-13)24(27)28/h5-7,9-10,12H,8,11H2,1-4H3. The number of hydrogen-bond donors (Lipinski definition) is 0. The van der Waals surface area contributed by atoms with Gasteiger partial charge in [0.15, 0.2) is 0 Å². The molecule has 8 nitrogen and oxygen atoms in total. The molecule has 0 unspecified atom stereocenters. The summed E-state index contributed by atoms with van der Waals surface area (Å²) in [7, 11) is 3.04. The van der Waals surface area contributed by atoms with Crippen molar-refractivity contribution in [2.45, 2.75) is 30.9 Å². The molecule has 0 amide bonds. The smallest absolute Gasteiger partial charge is 0.280 e. The highest BCUT2D eigenvalue weighted by molar-refractivity contribution is 7.98. The Bertz CT molecular complexity index is 1210. The largest absolute Gasteiger partial charge is 0.332 e. The lowest BCUT2D eigenvalue weighted by Crippen LogP contribution is -2.37. The second kappa shape index (κ2) is 8.20. The maximum atomic E-state index is 12.9. The molecule has 0 spiro atoms. The molecule has 0 bridgehead atoms. The van der Waals surface area contributed by atoms with Gasteiger partial charge in [0.1, 0.15) is 5.65 Å². The van der Waals surface area contributed by atoms with Gasteiger partial charge >= 0.3 is 5.69 Å². The normalized spacial score (nSPS) is 11.3. The first-order chi connectivity index (χ1) is 13.7. The van der Waals surface area contributed by atoms with Crippen LogP contribution in [0.1, 0.15) is 25.0 Å². The van der Waals surface area contributed by atoms with E-state index in [2.05, 4.69) is 18.8 Å². The van der Waals surface area contributed by atoms with Crippen LogP contribution in [-0.2, 0) is 26.3 Å². The highest BCUT2D eigenvalue weighted by Gasteiger charge is 2.18. The Morgan fingerprint density at radius 3 is 2.59 bits per heavy atom. The molecule has 0 aliphatic carbocycles. The van der Waals surface area contributed by atoms with E-state index in [4.69, 9.17) is 0 Å². The van der Waals surface area contributed by atoms with Gasteiger partial charge in [-0.05, 0) is 23.5 Å². The predicted octanol–water partition coefficient (Wildman–Crippen LogP) is 3.03. The fraction of sp³-hybridized carbons (Fsp3) is 0.350. The molecule has 0 atom stereocenters. The molecular formula is C20H22N4O4S. The molecule has 1 aromatic carbocycles. The quantitative estimate of drug-likeness (QED) is 0.349. The van der Waals surface area contributed by atoms with Gasteiger partial charge in [-0.1, -0.05) is 26.0 Å². The first kappa shape index (κ1) is 20.8. The van der Waals surface area contributed by atoms with Gasteiger partial charge in [-0.3, -0.25) is 24.0 Å². The molecule has 3 rings (SSSR count). The maximum Gasteiger partial charge on any atom is 0.332 e. The average Bonchev–Trinajstić information content (AvgIpc) is 2.69. The van der Waals surface area contributed by atoms with Crippen molar-refractivity contribution < 1.29 is 4.92 Å². The van der Waals surface area contributed by atoms with E-state index in [-0.39, 0.29) is 11.2 Å². The lowest BCUT2D eigenvalue weighted by molar-refractivity contribution is -0.384. The Kier molecular flexibility index (Phi) is 5.88. The fourth-order valence-electron chi connectivity index (χ4n) is 3.21. The highest BCUT2D eigenvalue weighted by Crippen LogP contribution is 2.32. The number of nitro groups is 1. The van der Waals surface area contributed by atoms with E-state index in [1.54, 1.807) is 19.3 Å². The van der Waals surface area contributed by atoms with Gasteiger partial charge < -0.3 is 0 Å². The molecule has 2 heterocycles. The van der Waals surface area contributed by atoms with Gasteiger partial charge in [0.2, 0.25) is 0 Å². The molecule has 0 aliphatic heterocycles. The van der Waals surface area contributed by atoms with Crippen LogP contribution in [0.4, 0.5) is 5.69 Å². The van der Waals surface area contributed by atoms with Crippen molar-refractivity contribution in [1.29, 1.82) is 0 Å². The summed E-state index contributed by atoms with van der Waals surface area (Å²) in [6.07, 6.45) is 2.45. The van der Waals surface area contributed by atoms with E-state index in [0.717, 1.165) is 27.0 Å². The van der Waals surface area contributed by atoms with Gasteiger partial charge in [0.25, 0.3) is 11.2 Å². The molecule has 0 radical (unpaired) electrons. The SMILES string of the molecule is CC(C)Cc1cnc2c(c1SCc1cccc([N+](=O)[O-])c1)c(=O)n(C)c(=O)n2C. The molecule has 29 heavy (non-hydrogen) atoms. The van der Waals surface area contributed by atoms with E-state index in [9.17, 15) is 19.7 Å². The van der Waals surface area contributed by atoms with Gasteiger partial charge in [0.05, 0.1) is 10.3 Å². The van der Waals surface area contributed by atoms with Crippen molar-refractivity contribution in [2.75, 3.05) is 0 Å². The molecule has 152 valence electrons. The van der Waals surface area contributed by atoms with Crippen molar-refractivity contribution >= 4 is 28.5 Å². The number of pyridine rings is 1. The monoisotopic (exact) mass is 414 g/mol. The topological polar surface area (TPSA) is 100 Å². The first-order valence-electron chi connectivity index (χ1n) is 9.14. The Morgan fingerprint density at radius 2 is 1.93 bits per heavy atom. The Hall–Kier alpha value is -2.94.